The van der Waals surface area contributed by atoms with Crippen molar-refractivity contribution in [1.29, 1.82) is 0 Å². The Morgan fingerprint density at radius 1 is 1.05 bits per heavy atom. The van der Waals surface area contributed by atoms with Crippen LogP contribution < -0.4 is 0 Å². The molecule has 0 radical (unpaired) electrons. The minimum absolute atomic E-state index is 0.163. The number of hydrogen-bond acceptors (Lipinski definition) is 3. The van der Waals surface area contributed by atoms with Gasteiger partial charge in [0.2, 0.25) is 0 Å². The summed E-state index contributed by atoms with van der Waals surface area (Å²) in [5.74, 6) is 4.13. The van der Waals surface area contributed by atoms with Crippen molar-refractivity contribution in [2.45, 2.75) is 119 Å². The third-order valence-corrected chi connectivity index (χ3v) is 13.7. The molecular weight excluding hydrogens is 489 g/mol. The highest BCUT2D eigenvalue weighted by Gasteiger charge is 2.64. The van der Waals surface area contributed by atoms with Crippen LogP contribution in [-0.4, -0.2) is 10.9 Å². The molecule has 1 aromatic rings. The van der Waals surface area contributed by atoms with Gasteiger partial charge in [-0.1, -0.05) is 106 Å². The molecule has 37 heavy (non-hydrogen) atoms. The minimum Gasteiger partial charge on any atom is -0.349 e. The van der Waals surface area contributed by atoms with Crippen LogP contribution in [0.2, 0.25) is 0 Å². The Labute approximate surface area is 235 Å². The van der Waals surface area contributed by atoms with E-state index in [-0.39, 0.29) is 16.3 Å². The lowest BCUT2D eigenvalue weighted by Crippen LogP contribution is -2.37. The van der Waals surface area contributed by atoms with Crippen LogP contribution in [0.15, 0.2) is 57.9 Å². The summed E-state index contributed by atoms with van der Waals surface area (Å²) in [6.07, 6.45) is 17.8. The number of benzene rings is 1. The summed E-state index contributed by atoms with van der Waals surface area (Å²) in [6.45, 7) is 14.6. The van der Waals surface area contributed by atoms with E-state index >= 15 is 0 Å². The second kappa shape index (κ2) is 10.4. The largest absolute Gasteiger partial charge is 0.349 e. The average Bonchev–Trinajstić information content (AvgIpc) is 3.10. The fourth-order valence-electron chi connectivity index (χ4n) is 9.09. The molecule has 5 aliphatic rings. The van der Waals surface area contributed by atoms with Gasteiger partial charge in [-0.25, -0.2) is 0 Å². The summed E-state index contributed by atoms with van der Waals surface area (Å²) in [5, 5.41) is 0. The first kappa shape index (κ1) is 26.6. The molecule has 0 N–H and O–H groups in total. The van der Waals surface area contributed by atoms with E-state index in [1.807, 2.05) is 23.5 Å². The summed E-state index contributed by atoms with van der Waals surface area (Å²) in [5.41, 5.74) is 3.93. The number of thioether (sulfide) groups is 2. The van der Waals surface area contributed by atoms with Gasteiger partial charge in [0.05, 0.1) is 6.10 Å². The molecular formula is C34H48OS2. The summed E-state index contributed by atoms with van der Waals surface area (Å²) < 4.78 is 7.28. The standard InChI is InChI=1S/C34H48OS2/c1-22(2)10-8-11-23(3)27-17-18-28-25(12-9-19-33(27,28)5)20-31(34-21-26(34)16-15-24(34)4)35-32-36-29-13-6-7-14-30(29)37-32/h6-7,13-14,20,22-23,26-28,31-32H,4,8-12,15-19,21H2,1-3,5H3/b25-20+/t23-,26-,27-,28+,31-,33-,34+/m1/s1. The van der Waals surface area contributed by atoms with Gasteiger partial charge in [0.15, 0.2) is 4.77 Å². The third-order valence-electron chi connectivity index (χ3n) is 11.2. The van der Waals surface area contributed by atoms with Crippen molar-refractivity contribution in [3.05, 3.63) is 48.1 Å². The zero-order valence-corrected chi connectivity index (χ0v) is 25.3. The van der Waals surface area contributed by atoms with Gasteiger partial charge in [-0.15, -0.1) is 0 Å². The molecule has 0 bridgehead atoms. The Balaban J connectivity index is 1.22. The molecule has 7 atom stereocenters. The Morgan fingerprint density at radius 3 is 2.46 bits per heavy atom. The van der Waals surface area contributed by atoms with Crippen LogP contribution in [0.4, 0.5) is 0 Å². The fraction of sp³-hybridized carbons (Fsp3) is 0.706. The van der Waals surface area contributed by atoms with Crippen LogP contribution in [0.1, 0.15) is 98.3 Å². The molecule has 1 nitrogen and oxygen atoms in total. The van der Waals surface area contributed by atoms with Gasteiger partial charge in [0, 0.05) is 15.2 Å². The minimum atomic E-state index is 0.163. The molecule has 1 aliphatic heterocycles. The van der Waals surface area contributed by atoms with Crippen LogP contribution in [0.5, 0.6) is 0 Å². The lowest BCUT2D eigenvalue weighted by Gasteiger charge is -2.45. The van der Waals surface area contributed by atoms with Crippen LogP contribution in [0.25, 0.3) is 0 Å². The van der Waals surface area contributed by atoms with E-state index in [4.69, 9.17) is 4.74 Å². The first-order valence-corrected chi connectivity index (χ1v) is 17.0. The van der Waals surface area contributed by atoms with E-state index in [0.29, 0.717) is 5.41 Å². The first-order valence-electron chi connectivity index (χ1n) is 15.3. The lowest BCUT2D eigenvalue weighted by atomic mass is 9.60. The molecule has 0 saturated heterocycles. The molecule has 202 valence electrons. The number of allylic oxidation sites excluding steroid dienone is 1. The van der Waals surface area contributed by atoms with E-state index in [0.717, 1.165) is 29.6 Å². The predicted molar refractivity (Wildman–Crippen MR) is 160 cm³/mol. The summed E-state index contributed by atoms with van der Waals surface area (Å²) in [6, 6.07) is 8.83. The summed E-state index contributed by atoms with van der Waals surface area (Å²) in [4.78, 5) is 2.77. The third kappa shape index (κ3) is 4.82. The molecule has 6 rings (SSSR count). The molecule has 1 aromatic carbocycles. The van der Waals surface area contributed by atoms with Gasteiger partial charge in [0.1, 0.15) is 0 Å². The maximum atomic E-state index is 7.12. The van der Waals surface area contributed by atoms with E-state index in [1.165, 1.54) is 86.0 Å². The zero-order valence-electron chi connectivity index (χ0n) is 23.6. The number of rotatable bonds is 9. The van der Waals surface area contributed by atoms with Gasteiger partial charge in [0.25, 0.3) is 0 Å². The van der Waals surface area contributed by atoms with Gasteiger partial charge in [-0.05, 0) is 98.5 Å². The van der Waals surface area contributed by atoms with Crippen molar-refractivity contribution in [2.24, 2.45) is 40.4 Å². The highest BCUT2D eigenvalue weighted by atomic mass is 32.2. The van der Waals surface area contributed by atoms with E-state index in [1.54, 1.807) is 5.57 Å². The van der Waals surface area contributed by atoms with Gasteiger partial charge < -0.3 is 4.74 Å². The predicted octanol–water partition coefficient (Wildman–Crippen LogP) is 10.5. The number of hydrogen-bond donors (Lipinski definition) is 0. The maximum Gasteiger partial charge on any atom is 0.159 e. The van der Waals surface area contributed by atoms with E-state index < -0.39 is 0 Å². The molecule has 4 aliphatic carbocycles. The Morgan fingerprint density at radius 2 is 1.81 bits per heavy atom. The molecule has 0 spiro atoms. The van der Waals surface area contributed by atoms with Crippen molar-refractivity contribution < 1.29 is 4.74 Å². The molecule has 4 saturated carbocycles. The van der Waals surface area contributed by atoms with Gasteiger partial charge in [-0.2, -0.15) is 0 Å². The normalized spacial score (nSPS) is 37.6. The second-order valence-corrected chi connectivity index (χ2v) is 16.3. The zero-order chi connectivity index (χ0) is 25.8. The van der Waals surface area contributed by atoms with Crippen molar-refractivity contribution in [3.8, 4) is 0 Å². The maximum absolute atomic E-state index is 7.12. The smallest absolute Gasteiger partial charge is 0.159 e. The van der Waals surface area contributed by atoms with E-state index in [2.05, 4.69) is 64.6 Å². The van der Waals surface area contributed by atoms with E-state index in [9.17, 15) is 0 Å². The first-order chi connectivity index (χ1) is 17.8. The van der Waals surface area contributed by atoms with Crippen molar-refractivity contribution in [1.82, 2.24) is 0 Å². The highest BCUT2D eigenvalue weighted by Crippen LogP contribution is 2.70. The Hall–Kier alpha value is -0.640. The molecule has 0 amide bonds. The summed E-state index contributed by atoms with van der Waals surface area (Å²) >= 11 is 3.84. The molecule has 1 heterocycles. The average molecular weight is 537 g/mol. The number of fused-ring (bicyclic) bond motifs is 3. The monoisotopic (exact) mass is 536 g/mol. The highest BCUT2D eigenvalue weighted by molar-refractivity contribution is 8.19. The van der Waals surface area contributed by atoms with Crippen molar-refractivity contribution in [2.75, 3.05) is 0 Å². The van der Waals surface area contributed by atoms with Gasteiger partial charge >= 0.3 is 0 Å². The SMILES string of the molecule is C=C1CC[C@@H]2C[C@]12[C@@H](/C=C1\CCC[C@]2(C)[C@@H]([C@H](C)CCCC(C)C)CC[C@@H]12)OC1Sc2ccccc2S1. The topological polar surface area (TPSA) is 9.23 Å². The van der Waals surface area contributed by atoms with Gasteiger partial charge in [-0.3, -0.25) is 0 Å². The molecule has 4 fully saturated rings. The van der Waals surface area contributed by atoms with Crippen LogP contribution in [-0.2, 0) is 4.74 Å². The molecule has 0 unspecified atom stereocenters. The van der Waals surface area contributed by atoms with Crippen molar-refractivity contribution >= 4 is 23.5 Å². The molecule has 3 heteroatoms. The second-order valence-electron chi connectivity index (χ2n) is 13.8. The van der Waals surface area contributed by atoms with Crippen LogP contribution >= 0.6 is 23.5 Å². The summed E-state index contributed by atoms with van der Waals surface area (Å²) in [7, 11) is 0. The lowest BCUT2D eigenvalue weighted by molar-refractivity contribution is 0.0590. The van der Waals surface area contributed by atoms with Crippen molar-refractivity contribution in [3.63, 3.8) is 0 Å². The van der Waals surface area contributed by atoms with Crippen LogP contribution in [0.3, 0.4) is 0 Å². The number of ether oxygens (including phenoxy) is 1. The molecule has 0 aromatic heterocycles. The van der Waals surface area contributed by atoms with Crippen LogP contribution in [0, 0.1) is 40.4 Å². The fourth-order valence-corrected chi connectivity index (χ4v) is 11.6. The Kier molecular flexibility index (Phi) is 7.47. The quantitative estimate of drug-likeness (QED) is 0.290. The Bertz CT molecular complexity index is 1020.